The number of nitrogens with zero attached hydrogens (tertiary/aromatic N) is 1. The van der Waals surface area contributed by atoms with E-state index in [1.54, 1.807) is 13.2 Å². The molecule has 0 saturated carbocycles. The molecule has 2 heterocycles. The SMILES string of the molecule is COc1ccc2[nH]c3c(c2c1)CCN(C(=O)c1cc(F)cc(F)c1)[C@@H]3c1ccc(C(F)(F)F)cc1. The minimum atomic E-state index is -4.51. The number of hydrogen-bond acceptors (Lipinski definition) is 2. The molecule has 4 nitrogen and oxygen atoms in total. The standard InChI is InChI=1S/C26H19F5N2O2/c1-35-19-6-7-22-21(13-19)20-8-9-33(25(34)15-10-17(27)12-18(28)11-15)24(23(20)32-22)14-2-4-16(5-3-14)26(29,30)31/h2-7,10-13,24,32H,8-9H2,1H3/t24-/m1/s1. The first kappa shape index (κ1) is 22.9. The van der Waals surface area contributed by atoms with Gasteiger partial charge in [-0.15, -0.1) is 0 Å². The van der Waals surface area contributed by atoms with Gasteiger partial charge in [-0.2, -0.15) is 13.2 Å². The van der Waals surface area contributed by atoms with E-state index in [0.29, 0.717) is 29.5 Å². The van der Waals surface area contributed by atoms with E-state index in [0.717, 1.165) is 40.7 Å². The number of nitrogens with one attached hydrogen (secondary N) is 1. The van der Waals surface area contributed by atoms with Gasteiger partial charge >= 0.3 is 6.18 Å². The Morgan fingerprint density at radius 3 is 2.31 bits per heavy atom. The smallest absolute Gasteiger partial charge is 0.416 e. The zero-order chi connectivity index (χ0) is 24.9. The first-order chi connectivity index (χ1) is 16.7. The summed E-state index contributed by atoms with van der Waals surface area (Å²) in [7, 11) is 1.55. The molecule has 3 aromatic carbocycles. The minimum Gasteiger partial charge on any atom is -0.497 e. The third-order valence-electron chi connectivity index (χ3n) is 6.26. The van der Waals surface area contributed by atoms with Crippen LogP contribution in [0.15, 0.2) is 60.7 Å². The lowest BCUT2D eigenvalue weighted by atomic mass is 9.91. The average molecular weight is 486 g/mol. The third kappa shape index (κ3) is 4.11. The number of alkyl halides is 3. The summed E-state index contributed by atoms with van der Waals surface area (Å²) in [4.78, 5) is 18.1. The lowest BCUT2D eigenvalue weighted by Gasteiger charge is -2.36. The largest absolute Gasteiger partial charge is 0.497 e. The van der Waals surface area contributed by atoms with Crippen molar-refractivity contribution in [3.8, 4) is 5.75 Å². The van der Waals surface area contributed by atoms with E-state index in [9.17, 15) is 26.7 Å². The fourth-order valence-electron chi connectivity index (χ4n) is 4.66. The van der Waals surface area contributed by atoms with Gasteiger partial charge < -0.3 is 14.6 Å². The van der Waals surface area contributed by atoms with Crippen LogP contribution in [0.4, 0.5) is 22.0 Å². The summed E-state index contributed by atoms with van der Waals surface area (Å²) in [5, 5.41) is 0.875. The van der Waals surface area contributed by atoms with Crippen molar-refractivity contribution in [1.29, 1.82) is 0 Å². The number of fused-ring (bicyclic) bond motifs is 3. The van der Waals surface area contributed by atoms with Gasteiger partial charge in [-0.1, -0.05) is 12.1 Å². The maximum absolute atomic E-state index is 13.8. The van der Waals surface area contributed by atoms with Crippen LogP contribution in [0, 0.1) is 11.6 Å². The molecule has 1 aliphatic heterocycles. The van der Waals surface area contributed by atoms with Gasteiger partial charge in [0, 0.05) is 34.8 Å². The number of rotatable bonds is 3. The second-order valence-corrected chi connectivity index (χ2v) is 8.36. The molecule has 35 heavy (non-hydrogen) atoms. The number of amides is 1. The van der Waals surface area contributed by atoms with Crippen LogP contribution >= 0.6 is 0 Å². The van der Waals surface area contributed by atoms with E-state index in [4.69, 9.17) is 4.74 Å². The number of carbonyl (C=O) groups excluding carboxylic acids is 1. The quantitative estimate of drug-likeness (QED) is 0.348. The second kappa shape index (κ2) is 8.41. The summed E-state index contributed by atoms with van der Waals surface area (Å²) < 4.78 is 72.5. The van der Waals surface area contributed by atoms with Crippen LogP contribution < -0.4 is 4.74 Å². The van der Waals surface area contributed by atoms with Crippen molar-refractivity contribution in [1.82, 2.24) is 9.88 Å². The fourth-order valence-corrected chi connectivity index (χ4v) is 4.66. The highest BCUT2D eigenvalue weighted by Gasteiger charge is 2.36. The highest BCUT2D eigenvalue weighted by Crippen LogP contribution is 2.41. The van der Waals surface area contributed by atoms with Crippen LogP contribution in [0.2, 0.25) is 0 Å². The molecule has 180 valence electrons. The number of aromatic nitrogens is 1. The molecule has 0 spiro atoms. The normalized spacial score (nSPS) is 15.8. The molecule has 0 saturated heterocycles. The Balaban J connectivity index is 1.65. The van der Waals surface area contributed by atoms with Crippen LogP contribution in [0.5, 0.6) is 5.75 Å². The molecule has 1 atom stereocenters. The molecule has 0 fully saturated rings. The Kier molecular flexibility index (Phi) is 5.50. The molecule has 5 rings (SSSR count). The summed E-state index contributed by atoms with van der Waals surface area (Å²) in [5.41, 5.74) is 1.74. The number of aromatic amines is 1. The summed E-state index contributed by atoms with van der Waals surface area (Å²) in [6.07, 6.45) is -4.08. The van der Waals surface area contributed by atoms with Gasteiger partial charge in [-0.3, -0.25) is 4.79 Å². The molecular weight excluding hydrogens is 467 g/mol. The van der Waals surface area contributed by atoms with Crippen molar-refractivity contribution in [3.63, 3.8) is 0 Å². The fraction of sp³-hybridized carbons (Fsp3) is 0.192. The lowest BCUT2D eigenvalue weighted by Crippen LogP contribution is -2.40. The van der Waals surface area contributed by atoms with Crippen molar-refractivity contribution in [2.24, 2.45) is 0 Å². The maximum atomic E-state index is 13.8. The van der Waals surface area contributed by atoms with Gasteiger partial charge in [0.05, 0.1) is 18.7 Å². The number of halogens is 5. The number of H-pyrrole nitrogens is 1. The van der Waals surface area contributed by atoms with Crippen LogP contribution in [-0.4, -0.2) is 29.4 Å². The van der Waals surface area contributed by atoms with Gasteiger partial charge in [0.1, 0.15) is 17.4 Å². The van der Waals surface area contributed by atoms with E-state index in [1.807, 2.05) is 12.1 Å². The molecule has 0 unspecified atom stereocenters. The molecule has 9 heteroatoms. The lowest BCUT2D eigenvalue weighted by molar-refractivity contribution is -0.137. The summed E-state index contributed by atoms with van der Waals surface area (Å²) in [5.74, 6) is -1.78. The molecule has 1 aliphatic rings. The first-order valence-electron chi connectivity index (χ1n) is 10.8. The molecule has 1 N–H and O–H groups in total. The topological polar surface area (TPSA) is 45.3 Å². The van der Waals surface area contributed by atoms with E-state index in [2.05, 4.69) is 4.98 Å². The second-order valence-electron chi connectivity index (χ2n) is 8.36. The first-order valence-corrected chi connectivity index (χ1v) is 10.8. The number of benzene rings is 3. The number of carbonyl (C=O) groups is 1. The van der Waals surface area contributed by atoms with Gasteiger partial charge in [0.25, 0.3) is 5.91 Å². The van der Waals surface area contributed by atoms with E-state index in [-0.39, 0.29) is 12.1 Å². The summed E-state index contributed by atoms with van der Waals surface area (Å²) in [6, 6.07) is 11.8. The highest BCUT2D eigenvalue weighted by atomic mass is 19.4. The Morgan fingerprint density at radius 2 is 1.69 bits per heavy atom. The zero-order valence-electron chi connectivity index (χ0n) is 18.4. The monoisotopic (exact) mass is 486 g/mol. The maximum Gasteiger partial charge on any atom is 0.416 e. The van der Waals surface area contributed by atoms with E-state index in [1.165, 1.54) is 17.0 Å². The van der Waals surface area contributed by atoms with Gasteiger partial charge in [-0.25, -0.2) is 8.78 Å². The molecule has 0 radical (unpaired) electrons. The van der Waals surface area contributed by atoms with Crippen molar-refractivity contribution in [2.45, 2.75) is 18.6 Å². The molecule has 1 aromatic heterocycles. The van der Waals surface area contributed by atoms with Crippen LogP contribution in [0.25, 0.3) is 10.9 Å². The Hall–Kier alpha value is -3.88. The van der Waals surface area contributed by atoms with Gasteiger partial charge in [0.15, 0.2) is 0 Å². The Bertz CT molecular complexity index is 1410. The number of ether oxygens (including phenoxy) is 1. The molecule has 1 amide bonds. The van der Waals surface area contributed by atoms with Crippen molar-refractivity contribution in [2.75, 3.05) is 13.7 Å². The average Bonchev–Trinajstić information content (AvgIpc) is 3.19. The highest BCUT2D eigenvalue weighted by molar-refractivity contribution is 5.95. The van der Waals surface area contributed by atoms with E-state index >= 15 is 0 Å². The number of methoxy groups -OCH3 is 1. The zero-order valence-corrected chi connectivity index (χ0v) is 18.4. The van der Waals surface area contributed by atoms with Crippen molar-refractivity contribution >= 4 is 16.8 Å². The van der Waals surface area contributed by atoms with Crippen molar-refractivity contribution in [3.05, 3.63) is 100 Å². The predicted molar refractivity (Wildman–Crippen MR) is 119 cm³/mol. The Morgan fingerprint density at radius 1 is 1.00 bits per heavy atom. The summed E-state index contributed by atoms with van der Waals surface area (Å²) in [6.45, 7) is 0.194. The van der Waals surface area contributed by atoms with Gasteiger partial charge in [0.2, 0.25) is 0 Å². The molecule has 0 aliphatic carbocycles. The van der Waals surface area contributed by atoms with Crippen LogP contribution in [0.3, 0.4) is 0 Å². The summed E-state index contributed by atoms with van der Waals surface area (Å²) >= 11 is 0. The molecule has 0 bridgehead atoms. The van der Waals surface area contributed by atoms with Crippen LogP contribution in [-0.2, 0) is 12.6 Å². The van der Waals surface area contributed by atoms with Crippen LogP contribution in [0.1, 0.15) is 38.8 Å². The van der Waals surface area contributed by atoms with E-state index < -0.39 is 35.3 Å². The molecular formula is C26H19F5N2O2. The minimum absolute atomic E-state index is 0.180. The number of hydrogen-bond donors (Lipinski definition) is 1. The molecule has 4 aromatic rings. The third-order valence-corrected chi connectivity index (χ3v) is 6.26. The Labute approximate surface area is 196 Å². The van der Waals surface area contributed by atoms with Crippen molar-refractivity contribution < 1.29 is 31.5 Å². The predicted octanol–water partition coefficient (Wildman–Crippen LogP) is 6.26. The van der Waals surface area contributed by atoms with Gasteiger partial charge in [-0.05, 0) is 60.0 Å².